The van der Waals surface area contributed by atoms with Crippen LogP contribution in [0.25, 0.3) is 0 Å². The number of amides is 1. The van der Waals surface area contributed by atoms with Crippen LogP contribution in [0.1, 0.15) is 53.8 Å². The fraction of sp³-hybridized carbons (Fsp3) is 0.417. The monoisotopic (exact) mass is 493 g/mol. The SMILES string of the molecule is CC(C)(C)c1cn(Cc2ccco2)c(=NC(=O)c2cc(C(F)(F)F)ccc2OC[C@@H]2CCN2)s1. The first-order valence-electron chi connectivity index (χ1n) is 10.9. The normalized spacial score (nSPS) is 17.0. The molecular formula is C24H26F3N3O3S. The molecule has 0 radical (unpaired) electrons. The van der Waals surface area contributed by atoms with E-state index in [4.69, 9.17) is 9.15 Å². The first kappa shape index (κ1) is 24.3. The van der Waals surface area contributed by atoms with E-state index in [1.807, 2.05) is 27.0 Å². The molecule has 1 aliphatic heterocycles. The molecule has 10 heteroatoms. The molecule has 182 valence electrons. The van der Waals surface area contributed by atoms with Crippen molar-refractivity contribution in [2.45, 2.75) is 51.4 Å². The Morgan fingerprint density at radius 1 is 1.29 bits per heavy atom. The number of thiazole rings is 1. The maximum Gasteiger partial charge on any atom is 0.416 e. The molecule has 1 aromatic carbocycles. The van der Waals surface area contributed by atoms with Gasteiger partial charge in [-0.15, -0.1) is 11.3 Å². The lowest BCUT2D eigenvalue weighted by Crippen LogP contribution is -2.46. The van der Waals surface area contributed by atoms with Gasteiger partial charge in [0.2, 0.25) is 0 Å². The third-order valence-corrected chi connectivity index (χ3v) is 6.91. The molecule has 3 heterocycles. The van der Waals surface area contributed by atoms with Crippen molar-refractivity contribution in [2.24, 2.45) is 4.99 Å². The van der Waals surface area contributed by atoms with Gasteiger partial charge in [-0.05, 0) is 48.7 Å². The predicted molar refractivity (Wildman–Crippen MR) is 122 cm³/mol. The van der Waals surface area contributed by atoms with Crippen LogP contribution in [-0.2, 0) is 18.1 Å². The van der Waals surface area contributed by atoms with E-state index in [2.05, 4.69) is 10.3 Å². The maximum absolute atomic E-state index is 13.4. The summed E-state index contributed by atoms with van der Waals surface area (Å²) in [5, 5.41) is 3.16. The minimum Gasteiger partial charge on any atom is -0.491 e. The van der Waals surface area contributed by atoms with Gasteiger partial charge in [0, 0.05) is 17.1 Å². The smallest absolute Gasteiger partial charge is 0.416 e. The molecule has 1 aliphatic rings. The number of furan rings is 1. The van der Waals surface area contributed by atoms with Crippen molar-refractivity contribution in [3.63, 3.8) is 0 Å². The molecule has 0 spiro atoms. The lowest BCUT2D eigenvalue weighted by atomic mass is 9.95. The molecule has 1 atom stereocenters. The van der Waals surface area contributed by atoms with Gasteiger partial charge in [-0.3, -0.25) is 4.79 Å². The maximum atomic E-state index is 13.4. The Balaban J connectivity index is 1.73. The van der Waals surface area contributed by atoms with E-state index in [0.717, 1.165) is 30.0 Å². The number of benzene rings is 1. The van der Waals surface area contributed by atoms with Crippen LogP contribution in [0.2, 0.25) is 0 Å². The second kappa shape index (κ2) is 9.42. The van der Waals surface area contributed by atoms with Crippen LogP contribution < -0.4 is 14.9 Å². The summed E-state index contributed by atoms with van der Waals surface area (Å²) in [5.41, 5.74) is -1.35. The van der Waals surface area contributed by atoms with E-state index in [0.29, 0.717) is 17.1 Å². The quantitative estimate of drug-likeness (QED) is 0.526. The van der Waals surface area contributed by atoms with Gasteiger partial charge in [0.05, 0.1) is 23.9 Å². The predicted octanol–water partition coefficient (Wildman–Crippen LogP) is 4.99. The second-order valence-electron chi connectivity index (χ2n) is 9.21. The number of carbonyl (C=O) groups is 1. The average molecular weight is 494 g/mol. The number of nitrogens with one attached hydrogen (secondary N) is 1. The molecule has 0 saturated carbocycles. The summed E-state index contributed by atoms with van der Waals surface area (Å²) in [4.78, 5) is 18.8. The number of halogens is 3. The largest absolute Gasteiger partial charge is 0.491 e. The van der Waals surface area contributed by atoms with Crippen LogP contribution in [0.15, 0.2) is 52.2 Å². The van der Waals surface area contributed by atoms with E-state index >= 15 is 0 Å². The average Bonchev–Trinajstić information content (AvgIpc) is 3.36. The fourth-order valence-electron chi connectivity index (χ4n) is 3.33. The highest BCUT2D eigenvalue weighted by Gasteiger charge is 2.32. The minimum absolute atomic E-state index is 0.0839. The highest BCUT2D eigenvalue weighted by Crippen LogP contribution is 2.33. The topological polar surface area (TPSA) is 68.8 Å². The van der Waals surface area contributed by atoms with Gasteiger partial charge in [0.15, 0.2) is 4.80 Å². The van der Waals surface area contributed by atoms with Gasteiger partial charge in [-0.1, -0.05) is 20.8 Å². The lowest BCUT2D eigenvalue weighted by Gasteiger charge is -2.27. The number of carbonyl (C=O) groups excluding carboxylic acids is 1. The van der Waals surface area contributed by atoms with Crippen LogP contribution in [-0.4, -0.2) is 29.7 Å². The number of nitrogens with zero attached hydrogens (tertiary/aromatic N) is 2. The number of ether oxygens (including phenoxy) is 1. The second-order valence-corrected chi connectivity index (χ2v) is 10.2. The van der Waals surface area contributed by atoms with Crippen molar-refractivity contribution in [3.05, 3.63) is 69.4 Å². The van der Waals surface area contributed by atoms with E-state index < -0.39 is 17.6 Å². The Morgan fingerprint density at radius 3 is 2.65 bits per heavy atom. The third kappa shape index (κ3) is 5.61. The summed E-state index contributed by atoms with van der Waals surface area (Å²) in [5.74, 6) is -0.0398. The number of alkyl halides is 3. The van der Waals surface area contributed by atoms with Crippen molar-refractivity contribution < 1.29 is 27.1 Å². The Bertz CT molecular complexity index is 1220. The number of hydrogen-bond acceptors (Lipinski definition) is 5. The van der Waals surface area contributed by atoms with Crippen LogP contribution in [0.5, 0.6) is 5.75 Å². The molecular weight excluding hydrogens is 467 g/mol. The molecule has 0 unspecified atom stereocenters. The Labute approximate surface area is 199 Å². The zero-order valence-electron chi connectivity index (χ0n) is 19.1. The fourth-order valence-corrected chi connectivity index (χ4v) is 4.37. The van der Waals surface area contributed by atoms with Gasteiger partial charge < -0.3 is 19.0 Å². The first-order chi connectivity index (χ1) is 16.0. The van der Waals surface area contributed by atoms with Crippen LogP contribution in [0, 0.1) is 0 Å². The van der Waals surface area contributed by atoms with Gasteiger partial charge in [-0.2, -0.15) is 18.2 Å². The molecule has 3 aromatic rings. The molecule has 6 nitrogen and oxygen atoms in total. The lowest BCUT2D eigenvalue weighted by molar-refractivity contribution is -0.137. The van der Waals surface area contributed by atoms with Gasteiger partial charge in [0.25, 0.3) is 5.91 Å². The minimum atomic E-state index is -4.59. The summed E-state index contributed by atoms with van der Waals surface area (Å²) < 4.78 is 53.0. The van der Waals surface area contributed by atoms with Crippen LogP contribution in [0.3, 0.4) is 0 Å². The molecule has 2 aromatic heterocycles. The Hall–Kier alpha value is -2.85. The Morgan fingerprint density at radius 2 is 2.06 bits per heavy atom. The summed E-state index contributed by atoms with van der Waals surface area (Å²) in [7, 11) is 0. The molecule has 1 N–H and O–H groups in total. The highest BCUT2D eigenvalue weighted by molar-refractivity contribution is 7.09. The molecule has 0 bridgehead atoms. The molecule has 4 rings (SSSR count). The van der Waals surface area contributed by atoms with E-state index in [-0.39, 0.29) is 29.4 Å². The molecule has 1 amide bonds. The van der Waals surface area contributed by atoms with Crippen molar-refractivity contribution in [1.29, 1.82) is 0 Å². The summed E-state index contributed by atoms with van der Waals surface area (Å²) in [6, 6.07) is 6.60. The van der Waals surface area contributed by atoms with Gasteiger partial charge >= 0.3 is 6.18 Å². The van der Waals surface area contributed by atoms with E-state index in [1.54, 1.807) is 23.0 Å². The van der Waals surface area contributed by atoms with Crippen molar-refractivity contribution in [3.8, 4) is 5.75 Å². The van der Waals surface area contributed by atoms with Crippen LogP contribution >= 0.6 is 11.3 Å². The summed E-state index contributed by atoms with van der Waals surface area (Å²) in [6.07, 6.45) is -0.236. The molecule has 1 fully saturated rings. The summed E-state index contributed by atoms with van der Waals surface area (Å²) >= 11 is 1.32. The number of rotatable bonds is 6. The van der Waals surface area contributed by atoms with Gasteiger partial charge in [-0.25, -0.2) is 0 Å². The third-order valence-electron chi connectivity index (χ3n) is 5.47. The number of hydrogen-bond donors (Lipinski definition) is 1. The summed E-state index contributed by atoms with van der Waals surface area (Å²) in [6.45, 7) is 7.58. The van der Waals surface area contributed by atoms with E-state index in [1.165, 1.54) is 17.4 Å². The van der Waals surface area contributed by atoms with Crippen LogP contribution in [0.4, 0.5) is 13.2 Å². The van der Waals surface area contributed by atoms with E-state index in [9.17, 15) is 18.0 Å². The molecule has 1 saturated heterocycles. The highest BCUT2D eigenvalue weighted by atomic mass is 32.1. The molecule has 34 heavy (non-hydrogen) atoms. The van der Waals surface area contributed by atoms with Crippen molar-refractivity contribution >= 4 is 17.2 Å². The van der Waals surface area contributed by atoms with Crippen molar-refractivity contribution in [1.82, 2.24) is 9.88 Å². The van der Waals surface area contributed by atoms with Crippen molar-refractivity contribution in [2.75, 3.05) is 13.2 Å². The zero-order valence-corrected chi connectivity index (χ0v) is 19.9. The number of aromatic nitrogens is 1. The zero-order chi connectivity index (χ0) is 24.5. The standard InChI is InChI=1S/C24H26F3N3O3S/c1-23(2,3)20-13-30(12-17-5-4-10-32-17)22(34-20)29-21(31)18-11-15(24(25,26)27)6-7-19(18)33-14-16-8-9-28-16/h4-7,10-11,13,16,28H,8-9,12,14H2,1-3H3/t16-/m0/s1. The Kier molecular flexibility index (Phi) is 6.73. The molecule has 0 aliphatic carbocycles. The first-order valence-corrected chi connectivity index (χ1v) is 11.7. The van der Waals surface area contributed by atoms with Gasteiger partial charge in [0.1, 0.15) is 18.1 Å².